The molecule has 0 bridgehead atoms. The maximum Gasteiger partial charge on any atom is 0.235 e. The van der Waals surface area contributed by atoms with Gasteiger partial charge < -0.3 is 4.74 Å². The van der Waals surface area contributed by atoms with Crippen LogP contribution in [-0.4, -0.2) is 13.2 Å². The van der Waals surface area contributed by atoms with Crippen LogP contribution in [0.3, 0.4) is 0 Å². The maximum absolute atomic E-state index is 10.6. The van der Waals surface area contributed by atoms with Crippen molar-refractivity contribution in [3.05, 3.63) is 28.8 Å². The highest BCUT2D eigenvalue weighted by atomic mass is 16.5. The zero-order chi connectivity index (χ0) is 12.6. The predicted octanol–water partition coefficient (Wildman–Crippen LogP) is 2.90. The lowest BCUT2D eigenvalue weighted by molar-refractivity contribution is 0.405. The van der Waals surface area contributed by atoms with Crippen LogP contribution >= 0.6 is 0 Å². The predicted molar refractivity (Wildman–Crippen MR) is 68.7 cm³/mol. The van der Waals surface area contributed by atoms with Crippen molar-refractivity contribution < 1.29 is 9.53 Å². The van der Waals surface area contributed by atoms with Crippen LogP contribution in [0.4, 0.5) is 0 Å². The summed E-state index contributed by atoms with van der Waals surface area (Å²) in [5, 5.41) is 0. The van der Waals surface area contributed by atoms with E-state index in [4.69, 9.17) is 4.74 Å². The second kappa shape index (κ2) is 4.25. The fraction of sp³-hybridized carbons (Fsp3) is 0.533. The monoisotopic (exact) mass is 243 g/mol. The van der Waals surface area contributed by atoms with E-state index >= 15 is 0 Å². The van der Waals surface area contributed by atoms with Crippen molar-refractivity contribution in [2.24, 2.45) is 4.99 Å². The first-order valence-corrected chi connectivity index (χ1v) is 6.59. The van der Waals surface area contributed by atoms with Gasteiger partial charge in [0, 0.05) is 0 Å². The molecule has 18 heavy (non-hydrogen) atoms. The summed E-state index contributed by atoms with van der Waals surface area (Å²) in [7, 11) is 1.72. The summed E-state index contributed by atoms with van der Waals surface area (Å²) in [5.41, 5.74) is 3.68. The molecule has 0 heterocycles. The number of nitrogens with zero attached hydrogens (tertiary/aromatic N) is 1. The Morgan fingerprint density at radius 2 is 1.94 bits per heavy atom. The van der Waals surface area contributed by atoms with Gasteiger partial charge in [0.05, 0.1) is 12.6 Å². The molecule has 1 aromatic rings. The quantitative estimate of drug-likeness (QED) is 0.605. The molecule has 3 heteroatoms. The second-order valence-corrected chi connectivity index (χ2v) is 5.21. The first-order valence-electron chi connectivity index (χ1n) is 6.59. The van der Waals surface area contributed by atoms with E-state index in [9.17, 15) is 4.79 Å². The number of methoxy groups -OCH3 is 1. The fourth-order valence-corrected chi connectivity index (χ4v) is 3.11. The largest absolute Gasteiger partial charge is 0.496 e. The van der Waals surface area contributed by atoms with Gasteiger partial charge in [0.15, 0.2) is 0 Å². The summed E-state index contributed by atoms with van der Waals surface area (Å²) in [4.78, 5) is 14.7. The molecule has 0 unspecified atom stereocenters. The van der Waals surface area contributed by atoms with E-state index in [-0.39, 0.29) is 5.54 Å². The molecule has 0 N–H and O–H groups in total. The molecule has 0 amide bonds. The normalized spacial score (nSPS) is 19.6. The molecule has 2 aliphatic rings. The lowest BCUT2D eigenvalue weighted by atomic mass is 9.84. The van der Waals surface area contributed by atoms with Crippen LogP contribution < -0.4 is 4.74 Å². The molecule has 1 saturated carbocycles. The molecule has 0 saturated heterocycles. The molecule has 2 aliphatic carbocycles. The Hall–Kier alpha value is -1.60. The van der Waals surface area contributed by atoms with E-state index in [2.05, 4.69) is 11.1 Å². The minimum absolute atomic E-state index is 0.255. The Labute approximate surface area is 107 Å². The van der Waals surface area contributed by atoms with Crippen LogP contribution in [0, 0.1) is 0 Å². The van der Waals surface area contributed by atoms with E-state index in [1.165, 1.54) is 29.5 Å². The van der Waals surface area contributed by atoms with Gasteiger partial charge in [-0.05, 0) is 61.3 Å². The molecule has 94 valence electrons. The van der Waals surface area contributed by atoms with Gasteiger partial charge in [-0.2, -0.15) is 4.99 Å². The Kier molecular flexibility index (Phi) is 2.71. The molecular weight excluding hydrogens is 226 g/mol. The lowest BCUT2D eigenvalue weighted by Gasteiger charge is -2.24. The third-order valence-electron chi connectivity index (χ3n) is 4.20. The molecule has 1 aromatic carbocycles. The van der Waals surface area contributed by atoms with Crippen molar-refractivity contribution in [1.82, 2.24) is 0 Å². The Bertz CT molecular complexity index is 526. The molecule has 0 spiro atoms. The summed E-state index contributed by atoms with van der Waals surface area (Å²) in [6.07, 6.45) is 8.29. The Balaban J connectivity index is 2.14. The van der Waals surface area contributed by atoms with Crippen LogP contribution in [0.5, 0.6) is 5.75 Å². The summed E-state index contributed by atoms with van der Waals surface area (Å²) in [5.74, 6) is 0.985. The second-order valence-electron chi connectivity index (χ2n) is 5.21. The van der Waals surface area contributed by atoms with Gasteiger partial charge in [-0.1, -0.05) is 6.07 Å². The summed E-state index contributed by atoms with van der Waals surface area (Å²) >= 11 is 0. The van der Waals surface area contributed by atoms with Crippen molar-refractivity contribution in [2.45, 2.75) is 44.1 Å². The topological polar surface area (TPSA) is 38.7 Å². The fourth-order valence-electron chi connectivity index (χ4n) is 3.11. The number of isocyanates is 1. The van der Waals surface area contributed by atoms with E-state index in [0.29, 0.717) is 0 Å². The molecule has 3 nitrogen and oxygen atoms in total. The summed E-state index contributed by atoms with van der Waals surface area (Å²) < 4.78 is 5.45. The van der Waals surface area contributed by atoms with Crippen LogP contribution in [-0.2, 0) is 23.2 Å². The molecule has 1 fully saturated rings. The van der Waals surface area contributed by atoms with Crippen molar-refractivity contribution in [1.29, 1.82) is 0 Å². The molecule has 0 atom stereocenters. The Morgan fingerprint density at radius 3 is 2.56 bits per heavy atom. The highest BCUT2D eigenvalue weighted by molar-refractivity contribution is 5.52. The van der Waals surface area contributed by atoms with Gasteiger partial charge in [0.1, 0.15) is 5.75 Å². The van der Waals surface area contributed by atoms with Crippen molar-refractivity contribution >= 4 is 6.08 Å². The summed E-state index contributed by atoms with van der Waals surface area (Å²) in [6, 6.07) is 4.12. The van der Waals surface area contributed by atoms with E-state index in [0.717, 1.165) is 31.4 Å². The first kappa shape index (κ1) is 11.5. The molecule has 3 rings (SSSR count). The zero-order valence-corrected chi connectivity index (χ0v) is 10.7. The molecular formula is C15H17NO2. The van der Waals surface area contributed by atoms with Gasteiger partial charge in [-0.3, -0.25) is 0 Å². The zero-order valence-electron chi connectivity index (χ0n) is 10.7. The van der Waals surface area contributed by atoms with E-state index < -0.39 is 0 Å². The number of hydrogen-bond acceptors (Lipinski definition) is 3. The smallest absolute Gasteiger partial charge is 0.235 e. The summed E-state index contributed by atoms with van der Waals surface area (Å²) in [6.45, 7) is 0. The molecule has 0 aromatic heterocycles. The highest BCUT2D eigenvalue weighted by Crippen LogP contribution is 2.52. The number of hydrogen-bond donors (Lipinski definition) is 0. The number of ether oxygens (including phenoxy) is 1. The third-order valence-corrected chi connectivity index (χ3v) is 4.20. The molecule has 0 aliphatic heterocycles. The minimum atomic E-state index is -0.255. The van der Waals surface area contributed by atoms with Gasteiger partial charge in [-0.25, -0.2) is 4.79 Å². The highest BCUT2D eigenvalue weighted by Gasteiger charge is 2.46. The average Bonchev–Trinajstić information content (AvgIpc) is 3.18. The van der Waals surface area contributed by atoms with E-state index in [1.54, 1.807) is 13.2 Å². The SMILES string of the molecule is COc1ccc(C2(N=C=O)CC2)c2c1CCCC2. The van der Waals surface area contributed by atoms with Crippen molar-refractivity contribution in [2.75, 3.05) is 7.11 Å². The number of carbonyl (C=O) groups excluding carboxylic acids is 1. The number of benzene rings is 1. The van der Waals surface area contributed by atoms with Crippen LogP contribution in [0.15, 0.2) is 17.1 Å². The number of aliphatic imine (C=N–C) groups is 1. The standard InChI is InChI=1S/C15H17NO2/c1-18-14-7-6-13(15(8-9-15)16-10-17)11-4-2-3-5-12(11)14/h6-7H,2-5,8-9H2,1H3. The lowest BCUT2D eigenvalue weighted by Crippen LogP contribution is -2.13. The number of fused-ring (bicyclic) bond motifs is 1. The van der Waals surface area contributed by atoms with E-state index in [1.807, 2.05) is 6.07 Å². The maximum atomic E-state index is 10.6. The van der Waals surface area contributed by atoms with Gasteiger partial charge in [0.2, 0.25) is 6.08 Å². The molecule has 0 radical (unpaired) electrons. The average molecular weight is 243 g/mol. The van der Waals surface area contributed by atoms with Gasteiger partial charge >= 0.3 is 0 Å². The minimum Gasteiger partial charge on any atom is -0.496 e. The third kappa shape index (κ3) is 1.67. The number of rotatable bonds is 3. The van der Waals surface area contributed by atoms with Crippen molar-refractivity contribution in [3.8, 4) is 5.75 Å². The van der Waals surface area contributed by atoms with Crippen LogP contribution in [0.1, 0.15) is 42.4 Å². The van der Waals surface area contributed by atoms with Crippen molar-refractivity contribution in [3.63, 3.8) is 0 Å². The first-order chi connectivity index (χ1) is 8.80. The Morgan fingerprint density at radius 1 is 1.22 bits per heavy atom. The van der Waals surface area contributed by atoms with Gasteiger partial charge in [-0.15, -0.1) is 0 Å². The van der Waals surface area contributed by atoms with Gasteiger partial charge in [0.25, 0.3) is 0 Å². The van der Waals surface area contributed by atoms with Crippen LogP contribution in [0.25, 0.3) is 0 Å². The van der Waals surface area contributed by atoms with Crippen LogP contribution in [0.2, 0.25) is 0 Å².